The normalized spacial score (nSPS) is 13.8. The molecule has 0 unspecified atom stereocenters. The Kier molecular flexibility index (Phi) is 4.81. The van der Waals surface area contributed by atoms with Gasteiger partial charge in [0.25, 0.3) is 0 Å². The highest BCUT2D eigenvalue weighted by Gasteiger charge is 2.26. The number of rotatable bonds is 5. The first-order valence-electron chi connectivity index (χ1n) is 11.8. The van der Waals surface area contributed by atoms with Gasteiger partial charge in [0.2, 0.25) is 5.91 Å². The van der Waals surface area contributed by atoms with E-state index in [2.05, 4.69) is 35.5 Å². The van der Waals surface area contributed by atoms with Crippen molar-refractivity contribution in [3.8, 4) is 34.0 Å². The summed E-state index contributed by atoms with van der Waals surface area (Å²) in [5.41, 5.74) is 4.54. The topological polar surface area (TPSA) is 138 Å². The van der Waals surface area contributed by atoms with Gasteiger partial charge in [-0.1, -0.05) is 6.42 Å². The number of pyridine rings is 3. The number of hydrogen-bond donors (Lipinski definition) is 3. The number of carbonyl (C=O) groups is 1. The Morgan fingerprint density at radius 1 is 1.05 bits per heavy atom. The molecule has 182 valence electrons. The van der Waals surface area contributed by atoms with Gasteiger partial charge < -0.3 is 14.7 Å². The molecule has 37 heavy (non-hydrogen) atoms. The summed E-state index contributed by atoms with van der Waals surface area (Å²) < 4.78 is 21.2. The van der Waals surface area contributed by atoms with Gasteiger partial charge in [-0.3, -0.25) is 24.8 Å². The number of aromatic amines is 2. The van der Waals surface area contributed by atoms with Crippen molar-refractivity contribution >= 4 is 33.5 Å². The van der Waals surface area contributed by atoms with Crippen molar-refractivity contribution in [1.29, 1.82) is 0 Å². The van der Waals surface area contributed by atoms with Crippen molar-refractivity contribution in [1.82, 2.24) is 35.1 Å². The van der Waals surface area contributed by atoms with Crippen LogP contribution in [0.4, 0.5) is 10.1 Å². The van der Waals surface area contributed by atoms with Crippen molar-refractivity contribution in [2.24, 2.45) is 5.92 Å². The molecule has 10 nitrogen and oxygen atoms in total. The standard InChI is InChI=1S/C26H19FN8O2/c27-20-19-18(11-30-21(20)15-8-16(10-28-9-15)31-26(36)13-2-1-3-13)34-35-24(19)25-32-17-4-6-29-22(23(17)33-25)14-5-7-37-12-14/h4-13H,1-3H2,(H,31,36)(H,32,33)(H,34,35). The maximum absolute atomic E-state index is 16.0. The Balaban J connectivity index is 1.30. The fourth-order valence-electron chi connectivity index (χ4n) is 4.56. The quantitative estimate of drug-likeness (QED) is 0.303. The van der Waals surface area contributed by atoms with E-state index in [4.69, 9.17) is 9.40 Å². The Labute approximate surface area is 208 Å². The van der Waals surface area contributed by atoms with Gasteiger partial charge in [0.1, 0.15) is 22.6 Å². The summed E-state index contributed by atoms with van der Waals surface area (Å²) in [5.74, 6) is -0.203. The molecule has 1 aliphatic carbocycles. The molecule has 0 radical (unpaired) electrons. The lowest BCUT2D eigenvalue weighted by Gasteiger charge is -2.24. The van der Waals surface area contributed by atoms with Gasteiger partial charge in [0.15, 0.2) is 11.6 Å². The molecule has 1 saturated carbocycles. The van der Waals surface area contributed by atoms with Crippen LogP contribution in [0.5, 0.6) is 0 Å². The van der Waals surface area contributed by atoms with Gasteiger partial charge in [0.05, 0.1) is 47.0 Å². The molecule has 0 atom stereocenters. The molecule has 3 N–H and O–H groups in total. The minimum Gasteiger partial charge on any atom is -0.472 e. The molecule has 0 aliphatic heterocycles. The van der Waals surface area contributed by atoms with Crippen LogP contribution in [0, 0.1) is 11.7 Å². The molecule has 7 rings (SSSR count). The lowest BCUT2D eigenvalue weighted by molar-refractivity contribution is -0.122. The number of carbonyl (C=O) groups excluding carboxylic acids is 1. The second kappa shape index (κ2) is 8.33. The van der Waals surface area contributed by atoms with Crippen LogP contribution in [0.3, 0.4) is 0 Å². The summed E-state index contributed by atoms with van der Waals surface area (Å²) in [6.07, 6.45) is 12.2. The first kappa shape index (κ1) is 21.4. The number of fused-ring (bicyclic) bond motifs is 2. The number of aromatic nitrogens is 7. The summed E-state index contributed by atoms with van der Waals surface area (Å²) in [7, 11) is 0. The van der Waals surface area contributed by atoms with E-state index in [-0.39, 0.29) is 22.9 Å². The van der Waals surface area contributed by atoms with Crippen LogP contribution in [0.2, 0.25) is 0 Å². The zero-order valence-corrected chi connectivity index (χ0v) is 19.3. The monoisotopic (exact) mass is 494 g/mol. The average Bonchev–Trinajstić information content (AvgIpc) is 3.62. The minimum atomic E-state index is -0.570. The Morgan fingerprint density at radius 2 is 1.97 bits per heavy atom. The summed E-state index contributed by atoms with van der Waals surface area (Å²) in [6.45, 7) is 0. The van der Waals surface area contributed by atoms with Crippen molar-refractivity contribution in [2.45, 2.75) is 19.3 Å². The summed E-state index contributed by atoms with van der Waals surface area (Å²) >= 11 is 0. The van der Waals surface area contributed by atoms with Crippen LogP contribution in [0.15, 0.2) is 59.9 Å². The zero-order valence-electron chi connectivity index (χ0n) is 19.3. The number of nitrogens with one attached hydrogen (secondary N) is 3. The maximum Gasteiger partial charge on any atom is 0.227 e. The molecule has 6 aromatic rings. The summed E-state index contributed by atoms with van der Waals surface area (Å²) in [6, 6.07) is 5.27. The molecule has 1 fully saturated rings. The first-order chi connectivity index (χ1) is 18.2. The smallest absolute Gasteiger partial charge is 0.227 e. The highest BCUT2D eigenvalue weighted by atomic mass is 19.1. The van der Waals surface area contributed by atoms with Gasteiger partial charge in [-0.25, -0.2) is 9.37 Å². The van der Waals surface area contributed by atoms with Crippen molar-refractivity contribution in [3.63, 3.8) is 0 Å². The largest absolute Gasteiger partial charge is 0.472 e. The minimum absolute atomic E-state index is 0.0244. The van der Waals surface area contributed by atoms with Gasteiger partial charge in [-0.15, -0.1) is 0 Å². The van der Waals surface area contributed by atoms with Crippen molar-refractivity contribution in [2.75, 3.05) is 5.32 Å². The third-order valence-electron chi connectivity index (χ3n) is 6.72. The van der Waals surface area contributed by atoms with E-state index in [1.807, 2.05) is 0 Å². The van der Waals surface area contributed by atoms with Crippen LogP contribution in [-0.4, -0.2) is 41.0 Å². The molecule has 6 heterocycles. The van der Waals surface area contributed by atoms with Gasteiger partial charge >= 0.3 is 0 Å². The lowest BCUT2D eigenvalue weighted by Crippen LogP contribution is -2.28. The molecule has 0 bridgehead atoms. The fourth-order valence-corrected chi connectivity index (χ4v) is 4.56. The van der Waals surface area contributed by atoms with E-state index in [9.17, 15) is 4.79 Å². The van der Waals surface area contributed by atoms with Crippen LogP contribution >= 0.6 is 0 Å². The Bertz CT molecular complexity index is 1790. The number of imidazole rings is 1. The summed E-state index contributed by atoms with van der Waals surface area (Å²) in [4.78, 5) is 33.2. The number of nitrogens with zero attached hydrogens (tertiary/aromatic N) is 5. The van der Waals surface area contributed by atoms with E-state index in [1.54, 1.807) is 43.1 Å². The highest BCUT2D eigenvalue weighted by Crippen LogP contribution is 2.34. The predicted octanol–water partition coefficient (Wildman–Crippen LogP) is 5.10. The van der Waals surface area contributed by atoms with E-state index in [0.29, 0.717) is 39.5 Å². The number of furan rings is 1. The molecule has 0 saturated heterocycles. The van der Waals surface area contributed by atoms with E-state index in [0.717, 1.165) is 30.3 Å². The molecule has 0 aromatic carbocycles. The molecule has 1 aliphatic rings. The summed E-state index contributed by atoms with van der Waals surface area (Å²) in [5, 5.41) is 10.3. The number of amides is 1. The fraction of sp³-hybridized carbons (Fsp3) is 0.154. The molecular formula is C26H19FN8O2. The molecule has 0 spiro atoms. The lowest BCUT2D eigenvalue weighted by atomic mass is 9.85. The van der Waals surface area contributed by atoms with Crippen LogP contribution < -0.4 is 5.32 Å². The van der Waals surface area contributed by atoms with Crippen molar-refractivity contribution in [3.05, 3.63) is 61.3 Å². The van der Waals surface area contributed by atoms with Gasteiger partial charge in [-0.05, 0) is 31.0 Å². The van der Waals surface area contributed by atoms with E-state index in [1.165, 1.54) is 12.4 Å². The molecule has 6 aromatic heterocycles. The second-order valence-corrected chi connectivity index (χ2v) is 9.01. The van der Waals surface area contributed by atoms with E-state index < -0.39 is 5.82 Å². The molecular weight excluding hydrogens is 475 g/mol. The number of halogens is 1. The predicted molar refractivity (Wildman–Crippen MR) is 134 cm³/mol. The number of H-pyrrole nitrogens is 2. The third kappa shape index (κ3) is 3.54. The molecule has 1 amide bonds. The first-order valence-corrected chi connectivity index (χ1v) is 11.8. The van der Waals surface area contributed by atoms with Gasteiger partial charge in [0, 0.05) is 29.4 Å². The Hall–Kier alpha value is -4.93. The number of hydrogen-bond acceptors (Lipinski definition) is 7. The average molecular weight is 494 g/mol. The highest BCUT2D eigenvalue weighted by molar-refractivity contribution is 5.97. The van der Waals surface area contributed by atoms with E-state index >= 15 is 4.39 Å². The second-order valence-electron chi connectivity index (χ2n) is 9.01. The molecule has 11 heteroatoms. The van der Waals surface area contributed by atoms with Crippen LogP contribution in [0.25, 0.3) is 56.0 Å². The van der Waals surface area contributed by atoms with Crippen LogP contribution in [-0.2, 0) is 4.79 Å². The third-order valence-corrected chi connectivity index (χ3v) is 6.72. The Morgan fingerprint density at radius 3 is 2.78 bits per heavy atom. The van der Waals surface area contributed by atoms with Crippen LogP contribution in [0.1, 0.15) is 19.3 Å². The SMILES string of the molecule is O=C(Nc1cncc(-c2ncc3[nH]nc(-c4nc5c(-c6ccoc6)nccc5[nH]4)c3c2F)c1)C1CCC1. The maximum atomic E-state index is 16.0. The zero-order chi connectivity index (χ0) is 24.9. The van der Waals surface area contributed by atoms with Gasteiger partial charge in [-0.2, -0.15) is 5.10 Å². The number of anilines is 1. The van der Waals surface area contributed by atoms with Crippen molar-refractivity contribution < 1.29 is 13.6 Å².